The number of nitrogens with zero attached hydrogens (tertiary/aromatic N) is 2. The van der Waals surface area contributed by atoms with Crippen molar-refractivity contribution in [2.24, 2.45) is 0 Å². The van der Waals surface area contributed by atoms with E-state index in [9.17, 15) is 0 Å². The SMILES string of the molecule is CNC(CCc1ccsc1)c1snnc1C(C)(C)C. The minimum Gasteiger partial charge on any atom is -0.312 e. The van der Waals surface area contributed by atoms with Crippen molar-refractivity contribution in [3.05, 3.63) is 33.0 Å². The average molecular weight is 295 g/mol. The van der Waals surface area contributed by atoms with E-state index in [0.29, 0.717) is 6.04 Å². The summed E-state index contributed by atoms with van der Waals surface area (Å²) in [5.41, 5.74) is 2.60. The summed E-state index contributed by atoms with van der Waals surface area (Å²) in [5, 5.41) is 12.1. The lowest BCUT2D eigenvalue weighted by Crippen LogP contribution is -2.22. The highest BCUT2D eigenvalue weighted by molar-refractivity contribution is 7.08. The number of nitrogens with one attached hydrogen (secondary N) is 1. The summed E-state index contributed by atoms with van der Waals surface area (Å²) < 4.78 is 4.16. The van der Waals surface area contributed by atoms with Gasteiger partial charge in [-0.2, -0.15) is 11.3 Å². The maximum atomic E-state index is 4.33. The number of rotatable bonds is 5. The lowest BCUT2D eigenvalue weighted by atomic mass is 9.89. The van der Waals surface area contributed by atoms with E-state index in [4.69, 9.17) is 0 Å². The fraction of sp³-hybridized carbons (Fsp3) is 0.571. The summed E-state index contributed by atoms with van der Waals surface area (Å²) >= 11 is 3.29. The van der Waals surface area contributed by atoms with Gasteiger partial charge >= 0.3 is 0 Å². The molecule has 0 aromatic carbocycles. The van der Waals surface area contributed by atoms with Gasteiger partial charge in [0.15, 0.2) is 0 Å². The van der Waals surface area contributed by atoms with E-state index in [1.807, 2.05) is 7.05 Å². The highest BCUT2D eigenvalue weighted by Crippen LogP contribution is 2.32. The molecule has 0 amide bonds. The first-order chi connectivity index (χ1) is 9.02. The van der Waals surface area contributed by atoms with Crippen molar-refractivity contribution in [3.8, 4) is 0 Å². The molecule has 3 nitrogen and oxygen atoms in total. The van der Waals surface area contributed by atoms with Crippen molar-refractivity contribution in [2.45, 2.75) is 45.1 Å². The van der Waals surface area contributed by atoms with Crippen molar-refractivity contribution in [1.82, 2.24) is 14.9 Å². The second kappa shape index (κ2) is 6.11. The molecule has 0 spiro atoms. The first kappa shape index (κ1) is 14.6. The van der Waals surface area contributed by atoms with E-state index in [1.165, 1.54) is 22.0 Å². The Hall–Kier alpha value is -0.780. The third-order valence-electron chi connectivity index (χ3n) is 3.19. The van der Waals surface area contributed by atoms with Crippen LogP contribution in [-0.2, 0) is 11.8 Å². The molecule has 19 heavy (non-hydrogen) atoms. The van der Waals surface area contributed by atoms with Gasteiger partial charge in [0, 0.05) is 11.5 Å². The quantitative estimate of drug-likeness (QED) is 0.912. The molecule has 104 valence electrons. The van der Waals surface area contributed by atoms with Crippen LogP contribution in [0.1, 0.15) is 49.4 Å². The topological polar surface area (TPSA) is 37.8 Å². The van der Waals surface area contributed by atoms with Crippen LogP contribution in [0.2, 0.25) is 0 Å². The predicted molar refractivity (Wildman–Crippen MR) is 83.0 cm³/mol. The zero-order valence-electron chi connectivity index (χ0n) is 11.9. The van der Waals surface area contributed by atoms with E-state index >= 15 is 0 Å². The van der Waals surface area contributed by atoms with Crippen LogP contribution in [0.25, 0.3) is 0 Å². The zero-order valence-corrected chi connectivity index (χ0v) is 13.6. The summed E-state index contributed by atoms with van der Waals surface area (Å²) in [4.78, 5) is 1.28. The largest absolute Gasteiger partial charge is 0.312 e. The summed E-state index contributed by atoms with van der Waals surface area (Å²) in [6, 6.07) is 2.54. The van der Waals surface area contributed by atoms with Gasteiger partial charge in [-0.15, -0.1) is 5.10 Å². The molecule has 1 unspecified atom stereocenters. The smallest absolute Gasteiger partial charge is 0.0857 e. The summed E-state index contributed by atoms with van der Waals surface area (Å²) in [5.74, 6) is 0. The molecular weight excluding hydrogens is 274 g/mol. The minimum atomic E-state index is 0.0554. The molecule has 0 saturated heterocycles. The van der Waals surface area contributed by atoms with E-state index in [2.05, 4.69) is 52.5 Å². The molecule has 0 saturated carbocycles. The van der Waals surface area contributed by atoms with Crippen LogP contribution < -0.4 is 5.32 Å². The van der Waals surface area contributed by atoms with Gasteiger partial charge in [0.05, 0.1) is 10.6 Å². The molecule has 2 rings (SSSR count). The van der Waals surface area contributed by atoms with E-state index < -0.39 is 0 Å². The molecule has 1 N–H and O–H groups in total. The Labute approximate surface area is 123 Å². The van der Waals surface area contributed by atoms with Gasteiger partial charge in [0.2, 0.25) is 0 Å². The Kier molecular flexibility index (Phi) is 4.71. The van der Waals surface area contributed by atoms with Crippen LogP contribution in [0, 0.1) is 0 Å². The Bertz CT molecular complexity index is 497. The molecule has 2 heterocycles. The Morgan fingerprint density at radius 3 is 2.74 bits per heavy atom. The van der Waals surface area contributed by atoms with Gasteiger partial charge in [0.25, 0.3) is 0 Å². The lowest BCUT2D eigenvalue weighted by molar-refractivity contribution is 0.514. The standard InChI is InChI=1S/C14H21N3S2/c1-14(2,3)13-12(19-17-16-13)11(15-4)6-5-10-7-8-18-9-10/h7-9,11,15H,5-6H2,1-4H3. The second-order valence-corrected chi connectivity index (χ2v) is 7.31. The zero-order chi connectivity index (χ0) is 13.9. The minimum absolute atomic E-state index is 0.0554. The van der Waals surface area contributed by atoms with Gasteiger partial charge in [0.1, 0.15) is 0 Å². The molecule has 0 aliphatic carbocycles. The first-order valence-electron chi connectivity index (χ1n) is 6.53. The second-order valence-electron chi connectivity index (χ2n) is 5.75. The lowest BCUT2D eigenvalue weighted by Gasteiger charge is -2.21. The third-order valence-corrected chi connectivity index (χ3v) is 4.76. The maximum absolute atomic E-state index is 4.33. The summed E-state index contributed by atoms with van der Waals surface area (Å²) in [6.07, 6.45) is 2.18. The van der Waals surface area contributed by atoms with Crippen molar-refractivity contribution in [2.75, 3.05) is 7.05 Å². The van der Waals surface area contributed by atoms with Crippen LogP contribution in [-0.4, -0.2) is 16.6 Å². The van der Waals surface area contributed by atoms with Gasteiger partial charge < -0.3 is 5.32 Å². The molecule has 0 aliphatic heterocycles. The highest BCUT2D eigenvalue weighted by atomic mass is 32.1. The number of aromatic nitrogens is 2. The number of hydrogen-bond donors (Lipinski definition) is 1. The highest BCUT2D eigenvalue weighted by Gasteiger charge is 2.26. The van der Waals surface area contributed by atoms with E-state index in [0.717, 1.165) is 18.5 Å². The van der Waals surface area contributed by atoms with Crippen LogP contribution >= 0.6 is 22.9 Å². The van der Waals surface area contributed by atoms with Crippen LogP contribution in [0.15, 0.2) is 16.8 Å². The molecule has 0 bridgehead atoms. The Morgan fingerprint density at radius 2 is 2.16 bits per heavy atom. The number of thiophene rings is 1. The monoisotopic (exact) mass is 295 g/mol. The van der Waals surface area contributed by atoms with Crippen LogP contribution in [0.3, 0.4) is 0 Å². The molecular formula is C14H21N3S2. The van der Waals surface area contributed by atoms with E-state index in [-0.39, 0.29) is 5.41 Å². The fourth-order valence-electron chi connectivity index (χ4n) is 2.10. The normalized spacial score (nSPS) is 13.7. The summed E-state index contributed by atoms with van der Waals surface area (Å²) in [6.45, 7) is 6.58. The molecule has 0 aliphatic rings. The molecule has 0 radical (unpaired) electrons. The van der Waals surface area contributed by atoms with Gasteiger partial charge in [-0.1, -0.05) is 25.3 Å². The van der Waals surface area contributed by atoms with Crippen molar-refractivity contribution >= 4 is 22.9 Å². The van der Waals surface area contributed by atoms with Gasteiger partial charge in [-0.3, -0.25) is 0 Å². The van der Waals surface area contributed by atoms with Crippen LogP contribution in [0.4, 0.5) is 0 Å². The fourth-order valence-corrected chi connectivity index (χ4v) is 3.81. The maximum Gasteiger partial charge on any atom is 0.0857 e. The van der Waals surface area contributed by atoms with Gasteiger partial charge in [-0.25, -0.2) is 0 Å². The Morgan fingerprint density at radius 1 is 1.37 bits per heavy atom. The number of aryl methyl sites for hydroxylation is 1. The van der Waals surface area contributed by atoms with Crippen LogP contribution in [0.5, 0.6) is 0 Å². The number of hydrogen-bond acceptors (Lipinski definition) is 5. The predicted octanol–water partition coefficient (Wildman–Crippen LogP) is 3.79. The van der Waals surface area contributed by atoms with Crippen molar-refractivity contribution < 1.29 is 0 Å². The molecule has 0 fully saturated rings. The van der Waals surface area contributed by atoms with E-state index in [1.54, 1.807) is 11.3 Å². The average Bonchev–Trinajstić information content (AvgIpc) is 2.98. The third kappa shape index (κ3) is 3.61. The molecule has 1 atom stereocenters. The summed E-state index contributed by atoms with van der Waals surface area (Å²) in [7, 11) is 2.02. The molecule has 5 heteroatoms. The Balaban J connectivity index is 2.11. The molecule has 2 aromatic rings. The van der Waals surface area contributed by atoms with Crippen molar-refractivity contribution in [3.63, 3.8) is 0 Å². The molecule has 2 aromatic heterocycles. The van der Waals surface area contributed by atoms with Gasteiger partial charge in [-0.05, 0) is 53.8 Å². The first-order valence-corrected chi connectivity index (χ1v) is 8.25. The van der Waals surface area contributed by atoms with Crippen molar-refractivity contribution in [1.29, 1.82) is 0 Å².